The van der Waals surface area contributed by atoms with Crippen molar-refractivity contribution in [3.8, 4) is 0 Å². The summed E-state index contributed by atoms with van der Waals surface area (Å²) in [6.07, 6.45) is -0.0501. The molecule has 0 radical (unpaired) electrons. The third kappa shape index (κ3) is 4.44. The summed E-state index contributed by atoms with van der Waals surface area (Å²) in [4.78, 5) is 0. The summed E-state index contributed by atoms with van der Waals surface area (Å²) in [6, 6.07) is 12.6. The molecule has 1 heterocycles. The second kappa shape index (κ2) is 8.14. The van der Waals surface area contributed by atoms with Crippen molar-refractivity contribution in [2.24, 2.45) is 0 Å². The first-order valence-electron chi connectivity index (χ1n) is 9.39. The maximum Gasteiger partial charge on any atom is 0.416 e. The van der Waals surface area contributed by atoms with Gasteiger partial charge in [0.2, 0.25) is 0 Å². The summed E-state index contributed by atoms with van der Waals surface area (Å²) in [5.41, 5.74) is 0.799. The average molecular weight is 466 g/mol. The summed E-state index contributed by atoms with van der Waals surface area (Å²) in [5.74, 6) is 0.652. The Morgan fingerprint density at radius 2 is 1.66 bits per heavy atom. The molecule has 4 rings (SSSR count). The molecular formula is C20H19BrF3N5. The highest BCUT2D eigenvalue weighted by Crippen LogP contribution is 2.34. The van der Waals surface area contributed by atoms with Crippen molar-refractivity contribution < 1.29 is 13.2 Å². The predicted octanol–water partition coefficient (Wildman–Crippen LogP) is 5.77. The highest BCUT2D eigenvalue weighted by Gasteiger charge is 2.31. The Balaban J connectivity index is 1.68. The highest BCUT2D eigenvalue weighted by molar-refractivity contribution is 9.10. The monoisotopic (exact) mass is 465 g/mol. The molecule has 152 valence electrons. The minimum absolute atomic E-state index is 0.243. The molecule has 0 aliphatic heterocycles. The molecular weight excluding hydrogens is 447 g/mol. The zero-order valence-electron chi connectivity index (χ0n) is 15.4. The average Bonchev–Trinajstić information content (AvgIpc) is 3.38. The van der Waals surface area contributed by atoms with Crippen LogP contribution in [0, 0.1) is 0 Å². The van der Waals surface area contributed by atoms with E-state index in [-0.39, 0.29) is 6.04 Å². The van der Waals surface area contributed by atoms with Crippen LogP contribution in [0.15, 0.2) is 53.0 Å². The smallest absolute Gasteiger partial charge is 0.371 e. The lowest BCUT2D eigenvalue weighted by molar-refractivity contribution is -0.137. The molecule has 1 saturated carbocycles. The van der Waals surface area contributed by atoms with Gasteiger partial charge in [0, 0.05) is 10.2 Å². The first-order chi connectivity index (χ1) is 13.9. The van der Waals surface area contributed by atoms with Gasteiger partial charge in [0.15, 0.2) is 5.82 Å². The summed E-state index contributed by atoms with van der Waals surface area (Å²) in [5, 5.41) is 15.7. The highest BCUT2D eigenvalue weighted by atomic mass is 79.9. The van der Waals surface area contributed by atoms with Gasteiger partial charge in [-0.3, -0.25) is 0 Å². The normalized spacial score (nSPS) is 16.1. The molecule has 0 spiro atoms. The Morgan fingerprint density at radius 1 is 1.00 bits per heavy atom. The SMILES string of the molecule is FC(F)(F)c1ccc(N[C@H](c2ccc(Br)cc2)c2nnnn2C2CCCC2)cc1. The van der Waals surface area contributed by atoms with Gasteiger partial charge < -0.3 is 5.32 Å². The fraction of sp³-hybridized carbons (Fsp3) is 0.350. The molecule has 0 bridgehead atoms. The van der Waals surface area contributed by atoms with Crippen LogP contribution in [0.3, 0.4) is 0 Å². The van der Waals surface area contributed by atoms with Crippen molar-refractivity contribution in [2.45, 2.75) is 43.9 Å². The third-order valence-electron chi connectivity index (χ3n) is 5.17. The van der Waals surface area contributed by atoms with E-state index in [0.29, 0.717) is 11.5 Å². The molecule has 5 nitrogen and oxygen atoms in total. The second-order valence-corrected chi connectivity index (χ2v) is 8.04. The van der Waals surface area contributed by atoms with Crippen molar-refractivity contribution in [3.05, 3.63) is 70.0 Å². The van der Waals surface area contributed by atoms with Crippen LogP contribution in [0.25, 0.3) is 0 Å². The molecule has 0 amide bonds. The van der Waals surface area contributed by atoms with Crippen LogP contribution in [0.1, 0.15) is 54.7 Å². The van der Waals surface area contributed by atoms with E-state index >= 15 is 0 Å². The van der Waals surface area contributed by atoms with Crippen LogP contribution in [0.2, 0.25) is 0 Å². The fourth-order valence-electron chi connectivity index (χ4n) is 3.67. The molecule has 1 fully saturated rings. The number of hydrogen-bond donors (Lipinski definition) is 1. The Labute approximate surface area is 174 Å². The summed E-state index contributed by atoms with van der Waals surface area (Å²) >= 11 is 3.43. The number of anilines is 1. The van der Waals surface area contributed by atoms with E-state index in [2.05, 4.69) is 36.8 Å². The zero-order valence-corrected chi connectivity index (χ0v) is 17.0. The van der Waals surface area contributed by atoms with E-state index in [0.717, 1.165) is 47.9 Å². The van der Waals surface area contributed by atoms with Gasteiger partial charge >= 0.3 is 6.18 Å². The number of hydrogen-bond acceptors (Lipinski definition) is 4. The molecule has 1 atom stereocenters. The Hall–Kier alpha value is -2.42. The molecule has 0 unspecified atom stereocenters. The van der Waals surface area contributed by atoms with Crippen LogP contribution in [-0.4, -0.2) is 20.2 Å². The van der Waals surface area contributed by atoms with Crippen molar-refractivity contribution >= 4 is 21.6 Å². The molecule has 1 aliphatic carbocycles. The molecule has 0 saturated heterocycles. The maximum absolute atomic E-state index is 12.9. The lowest BCUT2D eigenvalue weighted by Crippen LogP contribution is -2.20. The minimum atomic E-state index is -4.36. The van der Waals surface area contributed by atoms with E-state index in [4.69, 9.17) is 0 Å². The topological polar surface area (TPSA) is 55.6 Å². The van der Waals surface area contributed by atoms with Crippen molar-refractivity contribution in [1.82, 2.24) is 20.2 Å². The number of nitrogens with one attached hydrogen (secondary N) is 1. The lowest BCUT2D eigenvalue weighted by atomic mass is 10.0. The van der Waals surface area contributed by atoms with E-state index in [9.17, 15) is 13.2 Å². The van der Waals surface area contributed by atoms with Gasteiger partial charge in [0.1, 0.15) is 6.04 Å². The van der Waals surface area contributed by atoms with Gasteiger partial charge in [0.05, 0.1) is 11.6 Å². The van der Waals surface area contributed by atoms with Crippen LogP contribution in [0.4, 0.5) is 18.9 Å². The number of aromatic nitrogens is 4. The predicted molar refractivity (Wildman–Crippen MR) is 106 cm³/mol. The van der Waals surface area contributed by atoms with E-state index in [1.165, 1.54) is 12.1 Å². The Morgan fingerprint density at radius 3 is 2.28 bits per heavy atom. The van der Waals surface area contributed by atoms with Crippen molar-refractivity contribution in [1.29, 1.82) is 0 Å². The fourth-order valence-corrected chi connectivity index (χ4v) is 3.94. The van der Waals surface area contributed by atoms with Gasteiger partial charge in [-0.05, 0) is 65.2 Å². The van der Waals surface area contributed by atoms with Crippen molar-refractivity contribution in [2.75, 3.05) is 5.32 Å². The van der Waals surface area contributed by atoms with Gasteiger partial charge in [-0.1, -0.05) is 40.9 Å². The van der Waals surface area contributed by atoms with Gasteiger partial charge in [-0.25, -0.2) is 4.68 Å². The van der Waals surface area contributed by atoms with Gasteiger partial charge in [-0.2, -0.15) is 13.2 Å². The zero-order chi connectivity index (χ0) is 20.4. The summed E-state index contributed by atoms with van der Waals surface area (Å²) < 4.78 is 41.4. The number of halogens is 4. The summed E-state index contributed by atoms with van der Waals surface area (Å²) in [7, 11) is 0. The molecule has 1 aromatic heterocycles. The largest absolute Gasteiger partial charge is 0.416 e. The molecule has 9 heteroatoms. The van der Waals surface area contributed by atoms with Crippen LogP contribution in [0.5, 0.6) is 0 Å². The van der Waals surface area contributed by atoms with Gasteiger partial charge in [0.25, 0.3) is 0 Å². The third-order valence-corrected chi connectivity index (χ3v) is 5.70. The first-order valence-corrected chi connectivity index (χ1v) is 10.2. The number of benzene rings is 2. The van der Waals surface area contributed by atoms with Crippen LogP contribution < -0.4 is 5.32 Å². The van der Waals surface area contributed by atoms with Gasteiger partial charge in [-0.15, -0.1) is 5.10 Å². The molecule has 2 aromatic carbocycles. The summed E-state index contributed by atoms with van der Waals surface area (Å²) in [6.45, 7) is 0. The quantitative estimate of drug-likeness (QED) is 0.519. The molecule has 3 aromatic rings. The van der Waals surface area contributed by atoms with Crippen LogP contribution >= 0.6 is 15.9 Å². The number of nitrogens with zero attached hydrogens (tertiary/aromatic N) is 4. The molecule has 1 N–H and O–H groups in total. The number of rotatable bonds is 5. The maximum atomic E-state index is 12.9. The van der Waals surface area contributed by atoms with Crippen LogP contribution in [-0.2, 0) is 6.18 Å². The van der Waals surface area contributed by atoms with E-state index in [1.807, 2.05) is 28.9 Å². The molecule has 1 aliphatic rings. The second-order valence-electron chi connectivity index (χ2n) is 7.12. The Bertz CT molecular complexity index is 947. The van der Waals surface area contributed by atoms with E-state index < -0.39 is 17.8 Å². The van der Waals surface area contributed by atoms with E-state index in [1.54, 1.807) is 0 Å². The number of alkyl halides is 3. The van der Waals surface area contributed by atoms with Crippen molar-refractivity contribution in [3.63, 3.8) is 0 Å². The minimum Gasteiger partial charge on any atom is -0.371 e. The number of tetrazole rings is 1. The Kier molecular flexibility index (Phi) is 5.58. The molecule has 29 heavy (non-hydrogen) atoms. The first kappa shape index (κ1) is 19.9. The standard InChI is InChI=1S/C20H19BrF3N5/c21-15-9-5-13(6-10-15)18(19-26-27-28-29(19)17-3-1-2-4-17)25-16-11-7-14(8-12-16)20(22,23)24/h5-12,17-18,25H,1-4H2/t18-/m1/s1. The lowest BCUT2D eigenvalue weighted by Gasteiger charge is -2.22.